The molecule has 0 aliphatic carbocycles. The van der Waals surface area contributed by atoms with Crippen LogP contribution in [0.2, 0.25) is 0 Å². The molecule has 0 fully saturated rings. The summed E-state index contributed by atoms with van der Waals surface area (Å²) in [5.41, 5.74) is 0. The summed E-state index contributed by atoms with van der Waals surface area (Å²) in [5, 5.41) is 9.10. The first kappa shape index (κ1) is 13.4. The van der Waals surface area contributed by atoms with E-state index in [0.29, 0.717) is 36.2 Å². The van der Waals surface area contributed by atoms with Crippen molar-refractivity contribution in [1.29, 1.82) is 0 Å². The maximum absolute atomic E-state index is 11.9. The minimum Gasteiger partial charge on any atom is -0.490 e. The van der Waals surface area contributed by atoms with Crippen LogP contribution in [0.1, 0.15) is 6.42 Å². The molecule has 0 atom stereocenters. The fourth-order valence-corrected chi connectivity index (χ4v) is 2.53. The minimum atomic E-state index is -3.80. The first-order chi connectivity index (χ1) is 8.99. The third kappa shape index (κ3) is 3.25. The Labute approximate surface area is 110 Å². The molecule has 0 unspecified atom stereocenters. The Bertz CT molecular complexity index is 617. The average Bonchev–Trinajstić information content (AvgIpc) is 2.60. The topological polar surface area (TPSA) is 89.9 Å². The molecule has 0 spiro atoms. The molecular formula is C12H12O6S. The highest BCUT2D eigenvalue weighted by Crippen LogP contribution is 2.32. The lowest BCUT2D eigenvalue weighted by Gasteiger charge is -2.08. The number of ether oxygens (including phenoxy) is 2. The van der Waals surface area contributed by atoms with Crippen LogP contribution in [0.4, 0.5) is 0 Å². The summed E-state index contributed by atoms with van der Waals surface area (Å²) in [6, 6.07) is 4.19. The van der Waals surface area contributed by atoms with E-state index in [0.717, 1.165) is 6.42 Å². The van der Waals surface area contributed by atoms with Gasteiger partial charge in [0.25, 0.3) is 0 Å². The van der Waals surface area contributed by atoms with Gasteiger partial charge in [0.05, 0.1) is 18.1 Å². The molecule has 0 bridgehead atoms. The minimum absolute atomic E-state index is 0.0331. The number of carbonyl (C=O) groups is 1. The van der Waals surface area contributed by atoms with Crippen molar-refractivity contribution in [1.82, 2.24) is 0 Å². The number of rotatable bonds is 3. The van der Waals surface area contributed by atoms with Gasteiger partial charge in [-0.05, 0) is 12.1 Å². The van der Waals surface area contributed by atoms with Crippen LogP contribution < -0.4 is 9.47 Å². The van der Waals surface area contributed by atoms with Crippen molar-refractivity contribution >= 4 is 15.8 Å². The Kier molecular flexibility index (Phi) is 3.75. The summed E-state index contributed by atoms with van der Waals surface area (Å²) in [6.45, 7) is 0.958. The van der Waals surface area contributed by atoms with Gasteiger partial charge < -0.3 is 14.6 Å². The van der Waals surface area contributed by atoms with Gasteiger partial charge >= 0.3 is 5.97 Å². The van der Waals surface area contributed by atoms with E-state index in [-0.39, 0.29) is 4.90 Å². The van der Waals surface area contributed by atoms with E-state index in [2.05, 4.69) is 0 Å². The molecule has 1 aromatic carbocycles. The lowest BCUT2D eigenvalue weighted by atomic mass is 10.3. The maximum atomic E-state index is 11.9. The first-order valence-electron chi connectivity index (χ1n) is 5.55. The largest absolute Gasteiger partial charge is 0.490 e. The molecule has 1 heterocycles. The van der Waals surface area contributed by atoms with Gasteiger partial charge in [-0.2, -0.15) is 0 Å². The van der Waals surface area contributed by atoms with Crippen LogP contribution in [0.5, 0.6) is 11.5 Å². The van der Waals surface area contributed by atoms with Crippen molar-refractivity contribution in [3.63, 3.8) is 0 Å². The third-order valence-corrected chi connectivity index (χ3v) is 3.84. The molecule has 7 heteroatoms. The van der Waals surface area contributed by atoms with Gasteiger partial charge in [-0.3, -0.25) is 0 Å². The molecule has 19 heavy (non-hydrogen) atoms. The number of sulfone groups is 1. The Morgan fingerprint density at radius 3 is 2.58 bits per heavy atom. The van der Waals surface area contributed by atoms with Crippen LogP contribution >= 0.6 is 0 Å². The van der Waals surface area contributed by atoms with Gasteiger partial charge in [-0.25, -0.2) is 13.2 Å². The lowest BCUT2D eigenvalue weighted by molar-refractivity contribution is -0.131. The van der Waals surface area contributed by atoms with E-state index in [1.54, 1.807) is 0 Å². The van der Waals surface area contributed by atoms with Crippen LogP contribution in [-0.4, -0.2) is 32.7 Å². The normalized spacial score (nSPS) is 15.2. The molecule has 2 rings (SSSR count). The monoisotopic (exact) mass is 284 g/mol. The molecule has 0 saturated carbocycles. The van der Waals surface area contributed by atoms with Gasteiger partial charge in [0, 0.05) is 24.0 Å². The van der Waals surface area contributed by atoms with Crippen LogP contribution in [-0.2, 0) is 14.6 Å². The van der Waals surface area contributed by atoms with Gasteiger partial charge in [-0.1, -0.05) is 0 Å². The Balaban J connectivity index is 2.36. The van der Waals surface area contributed by atoms with E-state index >= 15 is 0 Å². The summed E-state index contributed by atoms with van der Waals surface area (Å²) in [7, 11) is -3.80. The van der Waals surface area contributed by atoms with Crippen LogP contribution in [0.15, 0.2) is 34.6 Å². The van der Waals surface area contributed by atoms with Gasteiger partial charge in [0.2, 0.25) is 0 Å². The highest BCUT2D eigenvalue weighted by molar-refractivity contribution is 7.94. The van der Waals surface area contributed by atoms with Gasteiger partial charge in [0.1, 0.15) is 0 Å². The van der Waals surface area contributed by atoms with Crippen molar-refractivity contribution in [2.24, 2.45) is 0 Å². The van der Waals surface area contributed by atoms with Crippen molar-refractivity contribution in [2.75, 3.05) is 13.2 Å². The zero-order valence-corrected chi connectivity index (χ0v) is 10.7. The molecule has 1 aliphatic heterocycles. The SMILES string of the molecule is O=C(O)/C=C/S(=O)(=O)c1ccc2c(c1)OCCCO2. The predicted molar refractivity (Wildman–Crippen MR) is 66.0 cm³/mol. The second-order valence-corrected chi connectivity index (χ2v) is 5.68. The summed E-state index contributed by atoms with van der Waals surface area (Å²) >= 11 is 0. The maximum Gasteiger partial charge on any atom is 0.329 e. The summed E-state index contributed by atoms with van der Waals surface area (Å²) < 4.78 is 34.5. The van der Waals surface area contributed by atoms with Crippen molar-refractivity contribution in [3.8, 4) is 11.5 Å². The molecule has 0 aromatic heterocycles. The summed E-state index contributed by atoms with van der Waals surface area (Å²) in [4.78, 5) is 10.3. The Hall–Kier alpha value is -2.02. The zero-order chi connectivity index (χ0) is 13.9. The third-order valence-electron chi connectivity index (χ3n) is 2.44. The van der Waals surface area contributed by atoms with Crippen LogP contribution in [0.3, 0.4) is 0 Å². The number of aliphatic carboxylic acids is 1. The van der Waals surface area contributed by atoms with Gasteiger partial charge in [-0.15, -0.1) is 0 Å². The molecule has 1 N–H and O–H groups in total. The van der Waals surface area contributed by atoms with Crippen molar-refractivity contribution < 1.29 is 27.8 Å². The lowest BCUT2D eigenvalue weighted by Crippen LogP contribution is -2.00. The molecule has 102 valence electrons. The zero-order valence-electron chi connectivity index (χ0n) is 9.90. The van der Waals surface area contributed by atoms with Crippen molar-refractivity contribution in [3.05, 3.63) is 29.7 Å². The smallest absolute Gasteiger partial charge is 0.329 e. The number of carboxylic acid groups (broad SMARTS) is 1. The van der Waals surface area contributed by atoms with E-state index in [1.807, 2.05) is 0 Å². The molecule has 0 amide bonds. The second kappa shape index (κ2) is 5.31. The fourth-order valence-electron chi connectivity index (χ4n) is 1.55. The van der Waals surface area contributed by atoms with Crippen LogP contribution in [0, 0.1) is 0 Å². The molecule has 0 radical (unpaired) electrons. The van der Waals surface area contributed by atoms with E-state index in [4.69, 9.17) is 14.6 Å². The number of benzene rings is 1. The number of carboxylic acids is 1. The number of fused-ring (bicyclic) bond motifs is 1. The molecule has 1 aliphatic rings. The van der Waals surface area contributed by atoms with E-state index in [9.17, 15) is 13.2 Å². The highest BCUT2D eigenvalue weighted by Gasteiger charge is 2.16. The molecular weight excluding hydrogens is 272 g/mol. The molecule has 1 aromatic rings. The highest BCUT2D eigenvalue weighted by atomic mass is 32.2. The van der Waals surface area contributed by atoms with Crippen LogP contribution in [0.25, 0.3) is 0 Å². The summed E-state index contributed by atoms with van der Waals surface area (Å²) in [5.74, 6) is -0.487. The fraction of sp³-hybridized carbons (Fsp3) is 0.250. The van der Waals surface area contributed by atoms with Gasteiger partial charge in [0.15, 0.2) is 21.3 Å². The molecule has 6 nitrogen and oxygen atoms in total. The van der Waals surface area contributed by atoms with Crippen molar-refractivity contribution in [2.45, 2.75) is 11.3 Å². The van der Waals surface area contributed by atoms with E-state index in [1.165, 1.54) is 18.2 Å². The Morgan fingerprint density at radius 1 is 1.21 bits per heavy atom. The predicted octanol–water partition coefficient (Wildman–Crippen LogP) is 1.22. The summed E-state index contributed by atoms with van der Waals surface area (Å²) in [6.07, 6.45) is 1.30. The average molecular weight is 284 g/mol. The number of hydrogen-bond donors (Lipinski definition) is 1. The Morgan fingerprint density at radius 2 is 1.89 bits per heavy atom. The first-order valence-corrected chi connectivity index (χ1v) is 7.09. The number of hydrogen-bond acceptors (Lipinski definition) is 5. The second-order valence-electron chi connectivity index (χ2n) is 3.85. The standard InChI is InChI=1S/C12H12O6S/c13-12(14)4-7-19(15,16)9-2-3-10-11(8-9)18-6-1-5-17-10/h2-4,7-8H,1,5-6H2,(H,13,14)/b7-4+. The van der Waals surface area contributed by atoms with E-state index < -0.39 is 15.8 Å². The quantitative estimate of drug-likeness (QED) is 0.839. The molecule has 0 saturated heterocycles.